The standard InChI is InChI=1S/C27H26N4O4/c1-17-11-13-30(14-12-17)23-9-7-19(15-24(23)31(33)34)26(32)28-20-8-10-25-22(16-20)29-27(35-25)21-6-4-3-5-18(21)2/h3-10,15-17H,11-14H2,1-2H3,(H,28,32). The van der Waals surface area contributed by atoms with Gasteiger partial charge in [0.15, 0.2) is 5.58 Å². The van der Waals surface area contributed by atoms with Crippen molar-refractivity contribution < 1.29 is 14.1 Å². The molecule has 4 aromatic rings. The number of carbonyl (C=O) groups excluding carboxylic acids is 1. The maximum atomic E-state index is 12.9. The first-order valence-corrected chi connectivity index (χ1v) is 11.7. The number of aromatic nitrogens is 1. The summed E-state index contributed by atoms with van der Waals surface area (Å²) in [7, 11) is 0. The highest BCUT2D eigenvalue weighted by molar-refractivity contribution is 6.05. The largest absolute Gasteiger partial charge is 0.436 e. The van der Waals surface area contributed by atoms with E-state index in [1.165, 1.54) is 6.07 Å². The molecule has 0 aliphatic carbocycles. The summed E-state index contributed by atoms with van der Waals surface area (Å²) in [6, 6.07) is 17.7. The molecule has 178 valence electrons. The molecule has 1 fully saturated rings. The smallest absolute Gasteiger partial charge is 0.293 e. The van der Waals surface area contributed by atoms with Crippen LogP contribution in [0.25, 0.3) is 22.6 Å². The van der Waals surface area contributed by atoms with Crippen molar-refractivity contribution in [3.05, 3.63) is 81.9 Å². The molecule has 0 saturated carbocycles. The highest BCUT2D eigenvalue weighted by atomic mass is 16.6. The molecule has 0 radical (unpaired) electrons. The summed E-state index contributed by atoms with van der Waals surface area (Å²) in [6.45, 7) is 5.73. The summed E-state index contributed by atoms with van der Waals surface area (Å²) in [4.78, 5) is 30.9. The van der Waals surface area contributed by atoms with Crippen LogP contribution in [0.4, 0.5) is 17.1 Å². The van der Waals surface area contributed by atoms with E-state index in [4.69, 9.17) is 4.42 Å². The molecule has 8 nitrogen and oxygen atoms in total. The van der Waals surface area contributed by atoms with Gasteiger partial charge in [0.25, 0.3) is 11.6 Å². The molecule has 0 unspecified atom stereocenters. The van der Waals surface area contributed by atoms with E-state index in [1.807, 2.05) is 36.1 Å². The Morgan fingerprint density at radius 2 is 1.89 bits per heavy atom. The zero-order valence-electron chi connectivity index (χ0n) is 19.7. The molecule has 0 bridgehead atoms. The Balaban J connectivity index is 1.38. The first-order chi connectivity index (χ1) is 16.9. The predicted molar refractivity (Wildman–Crippen MR) is 136 cm³/mol. The Morgan fingerprint density at radius 3 is 2.63 bits per heavy atom. The summed E-state index contributed by atoms with van der Waals surface area (Å²) in [5.74, 6) is 0.707. The van der Waals surface area contributed by atoms with E-state index >= 15 is 0 Å². The SMILES string of the molecule is Cc1ccccc1-c1nc2cc(NC(=O)c3ccc(N4CCC(C)CC4)c([N+](=O)[O-])c3)ccc2o1. The summed E-state index contributed by atoms with van der Waals surface area (Å²) < 4.78 is 5.90. The lowest BCUT2D eigenvalue weighted by atomic mass is 9.98. The van der Waals surface area contributed by atoms with Crippen molar-refractivity contribution in [1.82, 2.24) is 4.98 Å². The van der Waals surface area contributed by atoms with Crippen LogP contribution in [-0.4, -0.2) is 28.9 Å². The van der Waals surface area contributed by atoms with Crippen LogP contribution in [0.1, 0.15) is 35.7 Å². The highest BCUT2D eigenvalue weighted by Gasteiger charge is 2.25. The number of nitro groups is 1. The number of piperidine rings is 1. The van der Waals surface area contributed by atoms with E-state index in [0.717, 1.165) is 37.1 Å². The lowest BCUT2D eigenvalue weighted by Crippen LogP contribution is -2.33. The van der Waals surface area contributed by atoms with Crippen molar-refractivity contribution in [2.75, 3.05) is 23.3 Å². The van der Waals surface area contributed by atoms with Crippen LogP contribution in [0, 0.1) is 23.0 Å². The number of nitrogens with one attached hydrogen (secondary N) is 1. The van der Waals surface area contributed by atoms with Gasteiger partial charge >= 0.3 is 0 Å². The fraction of sp³-hybridized carbons (Fsp3) is 0.259. The molecule has 8 heteroatoms. The molecule has 2 heterocycles. The number of nitro benzene ring substituents is 1. The fourth-order valence-electron chi connectivity index (χ4n) is 4.46. The van der Waals surface area contributed by atoms with Crippen molar-refractivity contribution in [3.63, 3.8) is 0 Å². The van der Waals surface area contributed by atoms with Crippen LogP contribution in [0.15, 0.2) is 65.1 Å². The minimum Gasteiger partial charge on any atom is -0.436 e. The van der Waals surface area contributed by atoms with Gasteiger partial charge < -0.3 is 14.6 Å². The zero-order valence-corrected chi connectivity index (χ0v) is 19.7. The van der Waals surface area contributed by atoms with E-state index < -0.39 is 10.8 Å². The van der Waals surface area contributed by atoms with Crippen molar-refractivity contribution in [2.24, 2.45) is 5.92 Å². The molecule has 1 aliphatic heterocycles. The first kappa shape index (κ1) is 22.6. The topological polar surface area (TPSA) is 102 Å². The van der Waals surface area contributed by atoms with Crippen LogP contribution in [0.5, 0.6) is 0 Å². The number of hydrogen-bond donors (Lipinski definition) is 1. The Hall–Kier alpha value is -4.20. The second kappa shape index (κ2) is 9.21. The average Bonchev–Trinajstić information content (AvgIpc) is 3.27. The molecule has 1 N–H and O–H groups in total. The first-order valence-electron chi connectivity index (χ1n) is 11.7. The third-order valence-electron chi connectivity index (χ3n) is 6.58. The molecular weight excluding hydrogens is 444 g/mol. The maximum absolute atomic E-state index is 12.9. The minimum atomic E-state index is -0.422. The molecule has 1 aromatic heterocycles. The number of hydrogen-bond acceptors (Lipinski definition) is 6. The Kier molecular flexibility index (Phi) is 5.94. The van der Waals surface area contributed by atoms with Gasteiger partial charge in [-0.25, -0.2) is 4.98 Å². The van der Waals surface area contributed by atoms with E-state index in [0.29, 0.717) is 34.3 Å². The van der Waals surface area contributed by atoms with Gasteiger partial charge in [0.2, 0.25) is 5.89 Å². The van der Waals surface area contributed by atoms with Gasteiger partial charge in [-0.1, -0.05) is 25.1 Å². The number of carbonyl (C=O) groups is 1. The number of benzene rings is 3. The van der Waals surface area contributed by atoms with Gasteiger partial charge in [0.1, 0.15) is 11.2 Å². The Morgan fingerprint density at radius 1 is 1.11 bits per heavy atom. The minimum absolute atomic E-state index is 0.0537. The normalized spacial score (nSPS) is 14.3. The highest BCUT2D eigenvalue weighted by Crippen LogP contribution is 2.33. The molecular formula is C27H26N4O4. The third-order valence-corrected chi connectivity index (χ3v) is 6.58. The molecule has 0 spiro atoms. The molecule has 3 aromatic carbocycles. The summed E-state index contributed by atoms with van der Waals surface area (Å²) in [5.41, 5.74) is 4.45. The van der Waals surface area contributed by atoms with Crippen LogP contribution in [0.3, 0.4) is 0 Å². The Bertz CT molecular complexity index is 1420. The molecule has 0 atom stereocenters. The number of oxazole rings is 1. The van der Waals surface area contributed by atoms with Gasteiger partial charge in [-0.2, -0.15) is 0 Å². The number of aryl methyl sites for hydroxylation is 1. The molecule has 5 rings (SSSR count). The molecule has 1 aliphatic rings. The van der Waals surface area contributed by atoms with Gasteiger partial charge in [0, 0.05) is 36.0 Å². The number of fused-ring (bicyclic) bond motifs is 1. The van der Waals surface area contributed by atoms with Gasteiger partial charge in [-0.05, 0) is 67.6 Å². The molecule has 1 amide bonds. The zero-order chi connectivity index (χ0) is 24.5. The van der Waals surface area contributed by atoms with Gasteiger partial charge in [-0.15, -0.1) is 0 Å². The predicted octanol–water partition coefficient (Wildman–Crippen LogP) is 6.20. The van der Waals surface area contributed by atoms with E-state index in [9.17, 15) is 14.9 Å². The number of rotatable bonds is 5. The van der Waals surface area contributed by atoms with Gasteiger partial charge in [-0.3, -0.25) is 14.9 Å². The van der Waals surface area contributed by atoms with Crippen molar-refractivity contribution >= 4 is 34.1 Å². The van der Waals surface area contributed by atoms with E-state index in [2.05, 4.69) is 17.2 Å². The van der Waals surface area contributed by atoms with E-state index in [-0.39, 0.29) is 11.3 Å². The van der Waals surface area contributed by atoms with Gasteiger partial charge in [0.05, 0.1) is 4.92 Å². The van der Waals surface area contributed by atoms with Crippen molar-refractivity contribution in [3.8, 4) is 11.5 Å². The number of nitrogens with zero attached hydrogens (tertiary/aromatic N) is 3. The maximum Gasteiger partial charge on any atom is 0.293 e. The molecule has 35 heavy (non-hydrogen) atoms. The third kappa shape index (κ3) is 4.59. The second-order valence-corrected chi connectivity index (χ2v) is 9.10. The summed E-state index contributed by atoms with van der Waals surface area (Å²) in [6.07, 6.45) is 1.99. The summed E-state index contributed by atoms with van der Waals surface area (Å²) in [5, 5.41) is 14.6. The van der Waals surface area contributed by atoms with Crippen LogP contribution in [0.2, 0.25) is 0 Å². The monoisotopic (exact) mass is 470 g/mol. The lowest BCUT2D eigenvalue weighted by Gasteiger charge is -2.31. The molecule has 1 saturated heterocycles. The second-order valence-electron chi connectivity index (χ2n) is 9.10. The number of anilines is 2. The van der Waals surface area contributed by atoms with Crippen LogP contribution in [-0.2, 0) is 0 Å². The van der Waals surface area contributed by atoms with Crippen molar-refractivity contribution in [1.29, 1.82) is 0 Å². The average molecular weight is 471 g/mol. The van der Waals surface area contributed by atoms with E-state index in [1.54, 1.807) is 30.3 Å². The Labute approximate surface area is 202 Å². The number of amides is 1. The van der Waals surface area contributed by atoms with Crippen LogP contribution < -0.4 is 10.2 Å². The van der Waals surface area contributed by atoms with Crippen LogP contribution >= 0.6 is 0 Å². The quantitative estimate of drug-likeness (QED) is 0.275. The lowest BCUT2D eigenvalue weighted by molar-refractivity contribution is -0.384. The van der Waals surface area contributed by atoms with Crippen molar-refractivity contribution in [2.45, 2.75) is 26.7 Å². The summed E-state index contributed by atoms with van der Waals surface area (Å²) >= 11 is 0. The fourth-order valence-corrected chi connectivity index (χ4v) is 4.46.